The van der Waals surface area contributed by atoms with Gasteiger partial charge in [-0.3, -0.25) is 14.9 Å². The van der Waals surface area contributed by atoms with Crippen molar-refractivity contribution in [2.75, 3.05) is 12.9 Å². The largest absolute Gasteiger partial charge is 0.454 e. The van der Waals surface area contributed by atoms with Crippen molar-refractivity contribution in [3.05, 3.63) is 69.3 Å². The van der Waals surface area contributed by atoms with Gasteiger partial charge in [-0.2, -0.15) is 0 Å². The van der Waals surface area contributed by atoms with Crippen LogP contribution in [-0.4, -0.2) is 38.0 Å². The Morgan fingerprint density at radius 3 is 2.42 bits per heavy atom. The number of carbonyl (C=O) groups is 2. The summed E-state index contributed by atoms with van der Waals surface area (Å²) < 4.78 is 28.3. The van der Waals surface area contributed by atoms with E-state index in [-0.39, 0.29) is 21.7 Å². The number of esters is 1. The Labute approximate surface area is 149 Å². The first-order valence-electron chi connectivity index (χ1n) is 7.35. The van der Waals surface area contributed by atoms with Gasteiger partial charge in [0.1, 0.15) is 0 Å². The van der Waals surface area contributed by atoms with Gasteiger partial charge < -0.3 is 4.74 Å². The number of ketones is 1. The Morgan fingerprint density at radius 1 is 1.15 bits per heavy atom. The number of hydrogen-bond donors (Lipinski definition) is 0. The van der Waals surface area contributed by atoms with Gasteiger partial charge in [0.25, 0.3) is 5.69 Å². The molecule has 8 nitrogen and oxygen atoms in total. The van der Waals surface area contributed by atoms with Crippen molar-refractivity contribution in [1.29, 1.82) is 0 Å². The van der Waals surface area contributed by atoms with Crippen molar-refractivity contribution in [2.24, 2.45) is 0 Å². The van der Waals surface area contributed by atoms with E-state index in [2.05, 4.69) is 0 Å². The molecule has 2 aromatic carbocycles. The molecule has 9 heteroatoms. The van der Waals surface area contributed by atoms with Crippen molar-refractivity contribution in [3.8, 4) is 0 Å². The van der Waals surface area contributed by atoms with E-state index in [0.29, 0.717) is 5.56 Å². The molecule has 0 aromatic heterocycles. The summed E-state index contributed by atoms with van der Waals surface area (Å²) in [5.74, 6) is -1.61. The molecule has 0 saturated heterocycles. The van der Waals surface area contributed by atoms with Crippen LogP contribution in [0, 0.1) is 17.0 Å². The lowest BCUT2D eigenvalue weighted by molar-refractivity contribution is -0.385. The first-order valence-corrected chi connectivity index (χ1v) is 9.25. The highest BCUT2D eigenvalue weighted by Crippen LogP contribution is 2.20. The quantitative estimate of drug-likeness (QED) is 0.328. The van der Waals surface area contributed by atoms with Crippen LogP contribution in [0.1, 0.15) is 26.3 Å². The zero-order chi connectivity index (χ0) is 19.5. The average Bonchev–Trinajstić information content (AvgIpc) is 2.58. The summed E-state index contributed by atoms with van der Waals surface area (Å²) in [5, 5.41) is 10.9. The second-order valence-electron chi connectivity index (χ2n) is 5.53. The minimum atomic E-state index is -3.65. The number of benzene rings is 2. The lowest BCUT2D eigenvalue weighted by atomic mass is 10.1. The molecule has 136 valence electrons. The van der Waals surface area contributed by atoms with Crippen molar-refractivity contribution >= 4 is 27.3 Å². The van der Waals surface area contributed by atoms with Gasteiger partial charge in [0.05, 0.1) is 15.4 Å². The van der Waals surface area contributed by atoms with Gasteiger partial charge in [-0.25, -0.2) is 13.2 Å². The maximum absolute atomic E-state index is 12.1. The van der Waals surface area contributed by atoms with E-state index in [1.807, 2.05) is 0 Å². The predicted molar refractivity (Wildman–Crippen MR) is 92.0 cm³/mol. The van der Waals surface area contributed by atoms with Crippen LogP contribution in [0.4, 0.5) is 5.69 Å². The summed E-state index contributed by atoms with van der Waals surface area (Å²) in [6.07, 6.45) is 0.954. The highest BCUT2D eigenvalue weighted by Gasteiger charge is 2.21. The maximum Gasteiger partial charge on any atom is 0.339 e. The minimum absolute atomic E-state index is 0.0199. The Hall–Kier alpha value is -3.07. The monoisotopic (exact) mass is 377 g/mol. The highest BCUT2D eigenvalue weighted by molar-refractivity contribution is 7.90. The topological polar surface area (TPSA) is 121 Å². The number of nitro benzene ring substituents is 1. The number of rotatable bonds is 6. The van der Waals surface area contributed by atoms with Gasteiger partial charge in [-0.05, 0) is 19.1 Å². The van der Waals surface area contributed by atoms with E-state index in [4.69, 9.17) is 4.74 Å². The van der Waals surface area contributed by atoms with Crippen LogP contribution in [0.15, 0.2) is 47.4 Å². The Kier molecular flexibility index (Phi) is 5.51. The van der Waals surface area contributed by atoms with Crippen LogP contribution in [0.25, 0.3) is 0 Å². The number of hydrogen-bond acceptors (Lipinski definition) is 7. The molecule has 0 bridgehead atoms. The molecule has 0 saturated carbocycles. The number of aryl methyl sites for hydroxylation is 1. The summed E-state index contributed by atoms with van der Waals surface area (Å²) in [6, 6.07) is 9.39. The molecule has 0 spiro atoms. The molecular weight excluding hydrogens is 362 g/mol. The van der Waals surface area contributed by atoms with E-state index in [9.17, 15) is 28.1 Å². The molecule has 2 aromatic rings. The summed E-state index contributed by atoms with van der Waals surface area (Å²) in [5.41, 5.74) is 0.0133. The number of nitro groups is 1. The van der Waals surface area contributed by atoms with Gasteiger partial charge in [-0.1, -0.05) is 24.3 Å². The molecule has 26 heavy (non-hydrogen) atoms. The van der Waals surface area contributed by atoms with Gasteiger partial charge >= 0.3 is 5.97 Å². The maximum atomic E-state index is 12.1. The summed E-state index contributed by atoms with van der Waals surface area (Å²) in [6.45, 7) is 0.867. The molecule has 0 radical (unpaired) electrons. The lowest BCUT2D eigenvalue weighted by Crippen LogP contribution is -2.16. The third-order valence-corrected chi connectivity index (χ3v) is 4.72. The zero-order valence-electron chi connectivity index (χ0n) is 14.0. The van der Waals surface area contributed by atoms with E-state index < -0.39 is 33.1 Å². The SMILES string of the molecule is Cc1ccc(C(=O)COC(=O)c2ccccc2S(C)(=O)=O)cc1[N+](=O)[O-]. The number of Topliss-reactive ketones (excluding diaryl/α,β-unsaturated/α-hetero) is 1. The summed E-state index contributed by atoms with van der Waals surface area (Å²) >= 11 is 0. The Balaban J connectivity index is 2.17. The second-order valence-corrected chi connectivity index (χ2v) is 7.51. The van der Waals surface area contributed by atoms with E-state index >= 15 is 0 Å². The molecule has 0 N–H and O–H groups in total. The molecule has 0 atom stereocenters. The van der Waals surface area contributed by atoms with Gasteiger partial charge in [0.2, 0.25) is 5.78 Å². The van der Waals surface area contributed by atoms with E-state index in [1.165, 1.54) is 43.3 Å². The Bertz CT molecular complexity index is 996. The van der Waals surface area contributed by atoms with Crippen LogP contribution >= 0.6 is 0 Å². The van der Waals surface area contributed by atoms with Crippen LogP contribution < -0.4 is 0 Å². The zero-order valence-corrected chi connectivity index (χ0v) is 14.8. The fraction of sp³-hybridized carbons (Fsp3) is 0.176. The van der Waals surface area contributed by atoms with Gasteiger partial charge in [-0.15, -0.1) is 0 Å². The molecule has 0 amide bonds. The molecule has 0 aliphatic heterocycles. The van der Waals surface area contributed by atoms with Crippen molar-refractivity contribution in [3.63, 3.8) is 0 Å². The minimum Gasteiger partial charge on any atom is -0.454 e. The van der Waals surface area contributed by atoms with Gasteiger partial charge in [0.15, 0.2) is 16.4 Å². The van der Waals surface area contributed by atoms with Crippen LogP contribution in [-0.2, 0) is 14.6 Å². The highest BCUT2D eigenvalue weighted by atomic mass is 32.2. The Morgan fingerprint density at radius 2 is 1.81 bits per heavy atom. The van der Waals surface area contributed by atoms with Crippen LogP contribution in [0.5, 0.6) is 0 Å². The second kappa shape index (κ2) is 7.44. The fourth-order valence-corrected chi connectivity index (χ4v) is 3.11. The first kappa shape index (κ1) is 19.3. The number of ether oxygens (including phenoxy) is 1. The molecule has 2 rings (SSSR count). The van der Waals surface area contributed by atoms with Crippen LogP contribution in [0.3, 0.4) is 0 Å². The molecule has 0 aliphatic carbocycles. The van der Waals surface area contributed by atoms with E-state index in [0.717, 1.165) is 12.3 Å². The molecule has 0 fully saturated rings. The molecule has 0 aliphatic rings. The third kappa shape index (κ3) is 4.31. The predicted octanol–water partition coefficient (Wildman–Crippen LogP) is 2.35. The number of sulfone groups is 1. The average molecular weight is 377 g/mol. The standard InChI is InChI=1S/C17H15NO7S/c1-11-7-8-12(9-14(11)18(21)22)15(19)10-25-17(20)13-5-3-4-6-16(13)26(2,23)24/h3-9H,10H2,1-2H3. The lowest BCUT2D eigenvalue weighted by Gasteiger charge is -2.08. The summed E-state index contributed by atoms with van der Waals surface area (Å²) in [7, 11) is -3.65. The smallest absolute Gasteiger partial charge is 0.339 e. The molecule has 0 unspecified atom stereocenters. The van der Waals surface area contributed by atoms with Crippen LogP contribution in [0.2, 0.25) is 0 Å². The number of nitrogens with zero attached hydrogens (tertiary/aromatic N) is 1. The first-order chi connectivity index (χ1) is 12.1. The van der Waals surface area contributed by atoms with Crippen molar-refractivity contribution in [1.82, 2.24) is 0 Å². The normalized spacial score (nSPS) is 11.0. The fourth-order valence-electron chi connectivity index (χ4n) is 2.23. The number of carbonyl (C=O) groups excluding carboxylic acids is 2. The summed E-state index contributed by atoms with van der Waals surface area (Å²) in [4.78, 5) is 34.4. The third-order valence-electron chi connectivity index (χ3n) is 3.57. The molecule has 0 heterocycles. The van der Waals surface area contributed by atoms with Crippen molar-refractivity contribution < 1.29 is 27.7 Å². The van der Waals surface area contributed by atoms with Crippen molar-refractivity contribution in [2.45, 2.75) is 11.8 Å². The van der Waals surface area contributed by atoms with E-state index in [1.54, 1.807) is 0 Å². The molecular formula is C17H15NO7S. The van der Waals surface area contributed by atoms with Gasteiger partial charge in [0, 0.05) is 23.4 Å².